The molecule has 0 bridgehead atoms. The number of methoxy groups -OCH3 is 1. The molecule has 1 N–H and O–H groups in total. The number of imide groups is 1. The molecule has 28 heavy (non-hydrogen) atoms. The second-order valence-corrected chi connectivity index (χ2v) is 6.99. The first kappa shape index (κ1) is 19.8. The van der Waals surface area contributed by atoms with Crippen molar-refractivity contribution in [3.63, 3.8) is 0 Å². The third-order valence-corrected chi connectivity index (χ3v) is 5.06. The number of halogens is 1. The molecule has 8 nitrogen and oxygen atoms in total. The van der Waals surface area contributed by atoms with Crippen molar-refractivity contribution >= 4 is 47.2 Å². The van der Waals surface area contributed by atoms with E-state index < -0.39 is 30.3 Å². The van der Waals surface area contributed by atoms with Crippen LogP contribution in [-0.2, 0) is 14.3 Å². The lowest BCUT2D eigenvalue weighted by molar-refractivity contribution is -0.408. The molecule has 146 valence electrons. The summed E-state index contributed by atoms with van der Waals surface area (Å²) in [5.74, 6) is -1.25. The quantitative estimate of drug-likeness (QED) is 0.780. The molecule has 9 heteroatoms. The molecule has 0 saturated carbocycles. The van der Waals surface area contributed by atoms with Gasteiger partial charge in [0.1, 0.15) is 12.0 Å². The predicted molar refractivity (Wildman–Crippen MR) is 105 cm³/mol. The van der Waals surface area contributed by atoms with Gasteiger partial charge >= 0.3 is 11.9 Å². The first-order chi connectivity index (χ1) is 13.2. The second kappa shape index (κ2) is 7.55. The van der Waals surface area contributed by atoms with Gasteiger partial charge in [-0.2, -0.15) is 9.48 Å². The zero-order chi connectivity index (χ0) is 20.6. The highest BCUT2D eigenvalue weighted by molar-refractivity contribution is 6.31. The Morgan fingerprint density at radius 1 is 1.36 bits per heavy atom. The number of nitrogens with zero attached hydrogens (tertiary/aromatic N) is 3. The Morgan fingerprint density at radius 2 is 2.07 bits per heavy atom. The highest BCUT2D eigenvalue weighted by Crippen LogP contribution is 2.27. The lowest BCUT2D eigenvalue weighted by atomic mass is 9.96. The minimum atomic E-state index is -0.862. The Morgan fingerprint density at radius 3 is 2.71 bits per heavy atom. The van der Waals surface area contributed by atoms with E-state index in [-0.39, 0.29) is 5.84 Å². The molecule has 0 spiro atoms. The van der Waals surface area contributed by atoms with Gasteiger partial charge in [-0.25, -0.2) is 4.79 Å². The number of aryl methyl sites for hydroxylation is 1. The number of rotatable bonds is 4. The van der Waals surface area contributed by atoms with Crippen molar-refractivity contribution in [1.29, 1.82) is 0 Å². The Bertz CT molecular complexity index is 980. The van der Waals surface area contributed by atoms with Crippen molar-refractivity contribution < 1.29 is 23.7 Å². The maximum absolute atomic E-state index is 13.0. The van der Waals surface area contributed by atoms with E-state index >= 15 is 0 Å². The van der Waals surface area contributed by atoms with E-state index in [9.17, 15) is 14.4 Å². The number of ether oxygens (including phenoxy) is 1. The van der Waals surface area contributed by atoms with Gasteiger partial charge in [-0.3, -0.25) is 9.59 Å². The second-order valence-electron chi connectivity index (χ2n) is 6.58. The summed E-state index contributed by atoms with van der Waals surface area (Å²) in [6.07, 6.45) is 1.55. The van der Waals surface area contributed by atoms with Crippen LogP contribution in [-0.4, -0.2) is 60.1 Å². The highest BCUT2D eigenvalue weighted by Gasteiger charge is 2.50. The molecule has 1 unspecified atom stereocenters. The van der Waals surface area contributed by atoms with Crippen molar-refractivity contribution in [2.24, 2.45) is 10.9 Å². The van der Waals surface area contributed by atoms with Crippen LogP contribution in [0.1, 0.15) is 12.5 Å². The number of allylic oxidation sites excluding steroid dienone is 1. The van der Waals surface area contributed by atoms with E-state index in [1.807, 2.05) is 6.92 Å². The molecule has 4 amide bonds. The summed E-state index contributed by atoms with van der Waals surface area (Å²) in [4.78, 5) is 43.2. The van der Waals surface area contributed by atoms with E-state index in [2.05, 4.69) is 10.3 Å². The average Bonchev–Trinajstić information content (AvgIpc) is 2.66. The van der Waals surface area contributed by atoms with E-state index in [0.717, 1.165) is 10.5 Å². The van der Waals surface area contributed by atoms with Gasteiger partial charge < -0.3 is 10.1 Å². The van der Waals surface area contributed by atoms with E-state index in [4.69, 9.17) is 16.3 Å². The minimum absolute atomic E-state index is 0.277. The summed E-state index contributed by atoms with van der Waals surface area (Å²) in [5, 5.41) is 3.16. The van der Waals surface area contributed by atoms with Crippen molar-refractivity contribution in [3.05, 3.63) is 40.1 Å². The molecule has 2 aliphatic heterocycles. The molecular formula is C19H20ClN4O4+. The maximum atomic E-state index is 13.0. The number of fused-ring (bicyclic) bond motifs is 1. The molecule has 0 saturated heterocycles. The molecule has 0 aromatic heterocycles. The van der Waals surface area contributed by atoms with Gasteiger partial charge in [0.05, 0.1) is 14.2 Å². The predicted octanol–water partition coefficient (Wildman–Crippen LogP) is 2.21. The van der Waals surface area contributed by atoms with Crippen molar-refractivity contribution in [2.45, 2.75) is 13.8 Å². The van der Waals surface area contributed by atoms with Gasteiger partial charge in [-0.05, 0) is 31.5 Å². The first-order valence-electron chi connectivity index (χ1n) is 8.55. The molecule has 2 aliphatic rings. The van der Waals surface area contributed by atoms with E-state index in [1.54, 1.807) is 31.3 Å². The van der Waals surface area contributed by atoms with E-state index in [0.29, 0.717) is 22.0 Å². The number of amidine groups is 1. The zero-order valence-corrected chi connectivity index (χ0v) is 16.7. The van der Waals surface area contributed by atoms with Gasteiger partial charge in [0, 0.05) is 16.3 Å². The average molecular weight is 404 g/mol. The number of benzene rings is 1. The van der Waals surface area contributed by atoms with Crippen LogP contribution in [0, 0.1) is 12.8 Å². The number of hydrogen-bond donors (Lipinski definition) is 1. The van der Waals surface area contributed by atoms with Crippen LogP contribution < -0.4 is 5.32 Å². The van der Waals surface area contributed by atoms with Crippen LogP contribution in [0.3, 0.4) is 0 Å². The number of hydrogen-bond acceptors (Lipinski definition) is 5. The molecule has 3 rings (SSSR count). The molecule has 0 radical (unpaired) electrons. The summed E-state index contributed by atoms with van der Waals surface area (Å²) in [6.45, 7) is 3.18. The summed E-state index contributed by atoms with van der Waals surface area (Å²) < 4.78 is 6.62. The SMILES string of the molecule is COC1=C(C)C=NC2=[N+](C)C(=O)N(CC(=O)Nc3ccc(C)c(Cl)c3)C(=O)C12. The molecular weight excluding hydrogens is 384 g/mol. The number of urea groups is 1. The molecule has 1 atom stereocenters. The smallest absolute Gasteiger partial charge is 0.446 e. The lowest BCUT2D eigenvalue weighted by Crippen LogP contribution is -2.56. The van der Waals surface area contributed by atoms with Crippen LogP contribution in [0.5, 0.6) is 0 Å². The number of carbonyl (C=O) groups is 3. The third kappa shape index (κ3) is 3.43. The number of nitrogens with one attached hydrogen (secondary N) is 1. The fourth-order valence-corrected chi connectivity index (χ4v) is 3.30. The summed E-state index contributed by atoms with van der Waals surface area (Å²) in [6, 6.07) is 4.45. The van der Waals surface area contributed by atoms with Crippen molar-refractivity contribution in [2.75, 3.05) is 26.0 Å². The highest BCUT2D eigenvalue weighted by atomic mass is 35.5. The first-order valence-corrected chi connectivity index (χ1v) is 8.93. The monoisotopic (exact) mass is 403 g/mol. The Balaban J connectivity index is 1.84. The van der Waals surface area contributed by atoms with Crippen molar-refractivity contribution in [3.8, 4) is 0 Å². The Hall–Kier alpha value is -3.00. The summed E-state index contributed by atoms with van der Waals surface area (Å²) >= 11 is 6.06. The van der Waals surface area contributed by atoms with Gasteiger partial charge in [0.15, 0.2) is 12.5 Å². The molecule has 2 heterocycles. The molecule has 0 aliphatic carbocycles. The van der Waals surface area contributed by atoms with E-state index in [1.165, 1.54) is 18.7 Å². The molecule has 1 aromatic rings. The van der Waals surface area contributed by atoms with Crippen LogP contribution in [0.4, 0.5) is 10.5 Å². The van der Waals surface area contributed by atoms with Gasteiger partial charge in [0.2, 0.25) is 0 Å². The molecule has 0 fully saturated rings. The number of dihydropyridines is 1. The summed E-state index contributed by atoms with van der Waals surface area (Å²) in [5.41, 5.74) is 2.04. The van der Waals surface area contributed by atoms with Gasteiger partial charge in [-0.1, -0.05) is 17.7 Å². The van der Waals surface area contributed by atoms with Crippen LogP contribution in [0.25, 0.3) is 0 Å². The van der Waals surface area contributed by atoms with Crippen LogP contribution in [0.15, 0.2) is 34.5 Å². The standard InChI is InChI=1S/C19H19ClN4O4/c1-10-5-6-12(7-13(10)20)22-14(25)9-24-18(26)15-16(28-4)11(2)8-21-17(15)23(3)19(24)27/h5-8,15H,9H2,1-4H3/p+1. The minimum Gasteiger partial charge on any atom is -0.499 e. The topological polar surface area (TPSA) is 91.1 Å². The molecule has 1 aromatic carbocycles. The van der Waals surface area contributed by atoms with Crippen LogP contribution in [0.2, 0.25) is 5.02 Å². The van der Waals surface area contributed by atoms with Gasteiger partial charge in [0.25, 0.3) is 11.7 Å². The Labute approximate surface area is 167 Å². The number of aliphatic imine (C=N–C) groups is 1. The summed E-state index contributed by atoms with van der Waals surface area (Å²) in [7, 11) is 2.96. The maximum Gasteiger partial charge on any atom is 0.446 e. The fourth-order valence-electron chi connectivity index (χ4n) is 3.12. The third-order valence-electron chi connectivity index (χ3n) is 4.65. The van der Waals surface area contributed by atoms with Crippen molar-refractivity contribution in [1.82, 2.24) is 4.90 Å². The fraction of sp³-hybridized carbons (Fsp3) is 0.316. The normalized spacial score (nSPS) is 19.2. The Kier molecular flexibility index (Phi) is 5.33. The lowest BCUT2D eigenvalue weighted by Gasteiger charge is -2.28. The largest absolute Gasteiger partial charge is 0.499 e. The van der Waals surface area contributed by atoms with Gasteiger partial charge in [-0.15, -0.1) is 4.99 Å². The number of anilines is 1. The van der Waals surface area contributed by atoms with Crippen LogP contribution >= 0.6 is 11.6 Å². The number of amides is 4. The number of carbonyl (C=O) groups excluding carboxylic acids is 3. The zero-order valence-electron chi connectivity index (χ0n) is 15.9.